The van der Waals surface area contributed by atoms with Gasteiger partial charge >= 0.3 is 0 Å². The van der Waals surface area contributed by atoms with E-state index in [2.05, 4.69) is 5.32 Å². The van der Waals surface area contributed by atoms with E-state index in [0.29, 0.717) is 23.6 Å². The number of aryl methyl sites for hydroxylation is 1. The van der Waals surface area contributed by atoms with Gasteiger partial charge in [-0.15, -0.1) is 0 Å². The van der Waals surface area contributed by atoms with Crippen LogP contribution >= 0.6 is 0 Å². The number of hydrogen-bond acceptors (Lipinski definition) is 4. The van der Waals surface area contributed by atoms with Crippen LogP contribution in [0, 0.1) is 23.0 Å². The Morgan fingerprint density at radius 2 is 2.11 bits per heavy atom. The average molecular weight is 265 g/mol. The lowest BCUT2D eigenvalue weighted by atomic mass is 10.0. The van der Waals surface area contributed by atoms with Crippen LogP contribution in [0.4, 0.5) is 11.4 Å². The molecule has 0 radical (unpaired) electrons. The maximum Gasteiger partial charge on any atom is 0.269 e. The Morgan fingerprint density at radius 3 is 2.58 bits per heavy atom. The van der Waals surface area contributed by atoms with Crippen LogP contribution in [0.25, 0.3) is 0 Å². The highest BCUT2D eigenvalue weighted by Gasteiger charge is 2.16. The van der Waals surface area contributed by atoms with Gasteiger partial charge in [-0.3, -0.25) is 14.9 Å². The normalized spacial score (nSPS) is 12.3. The first kappa shape index (κ1) is 15.1. The third-order valence-electron chi connectivity index (χ3n) is 2.74. The third-order valence-corrected chi connectivity index (χ3v) is 2.74. The zero-order chi connectivity index (χ0) is 14.6. The summed E-state index contributed by atoms with van der Waals surface area (Å²) in [5.74, 6) is 0.0596. The lowest BCUT2D eigenvalue weighted by molar-refractivity contribution is -0.384. The number of carbonyl (C=O) groups is 1. The quantitative estimate of drug-likeness (QED) is 0.630. The molecule has 0 aliphatic heterocycles. The minimum Gasteiger partial charge on any atom is -0.324 e. The van der Waals surface area contributed by atoms with Crippen LogP contribution in [0.1, 0.15) is 25.8 Å². The minimum absolute atomic E-state index is 0.00183. The summed E-state index contributed by atoms with van der Waals surface area (Å²) >= 11 is 0. The van der Waals surface area contributed by atoms with E-state index in [1.54, 1.807) is 6.92 Å². The monoisotopic (exact) mass is 265 g/mol. The minimum atomic E-state index is -0.574. The summed E-state index contributed by atoms with van der Waals surface area (Å²) in [4.78, 5) is 22.0. The number of hydrogen-bond donors (Lipinski definition) is 2. The Hall–Kier alpha value is -1.95. The molecule has 0 aromatic heterocycles. The molecule has 1 aromatic carbocycles. The van der Waals surface area contributed by atoms with Crippen molar-refractivity contribution in [3.05, 3.63) is 33.9 Å². The van der Waals surface area contributed by atoms with Gasteiger partial charge in [-0.1, -0.05) is 13.8 Å². The first-order chi connectivity index (χ1) is 8.81. The van der Waals surface area contributed by atoms with Crippen LogP contribution in [-0.2, 0) is 4.79 Å². The second-order valence-electron chi connectivity index (χ2n) is 4.98. The molecule has 0 spiro atoms. The van der Waals surface area contributed by atoms with E-state index in [-0.39, 0.29) is 11.6 Å². The molecule has 0 aliphatic carbocycles. The molecule has 0 saturated heterocycles. The highest BCUT2D eigenvalue weighted by atomic mass is 16.6. The van der Waals surface area contributed by atoms with Crippen LogP contribution in [0.3, 0.4) is 0 Å². The molecular weight excluding hydrogens is 246 g/mol. The molecule has 0 unspecified atom stereocenters. The molecule has 0 fully saturated rings. The number of nitro groups is 1. The van der Waals surface area contributed by atoms with Gasteiger partial charge in [0.05, 0.1) is 11.0 Å². The van der Waals surface area contributed by atoms with Gasteiger partial charge in [0.2, 0.25) is 5.91 Å². The van der Waals surface area contributed by atoms with E-state index in [1.807, 2.05) is 13.8 Å². The second kappa shape index (κ2) is 6.29. The van der Waals surface area contributed by atoms with Crippen LogP contribution in [0.5, 0.6) is 0 Å². The Morgan fingerprint density at radius 1 is 1.47 bits per heavy atom. The van der Waals surface area contributed by atoms with E-state index in [0.717, 1.165) is 0 Å². The number of nitrogens with one attached hydrogen (secondary N) is 1. The second-order valence-corrected chi connectivity index (χ2v) is 4.98. The van der Waals surface area contributed by atoms with Crippen molar-refractivity contribution in [3.8, 4) is 0 Å². The van der Waals surface area contributed by atoms with Crippen molar-refractivity contribution in [1.82, 2.24) is 0 Å². The summed E-state index contributed by atoms with van der Waals surface area (Å²) < 4.78 is 0. The molecule has 0 heterocycles. The number of nitrogens with zero attached hydrogens (tertiary/aromatic N) is 1. The van der Waals surface area contributed by atoms with Crippen molar-refractivity contribution in [1.29, 1.82) is 0 Å². The van der Waals surface area contributed by atoms with Gasteiger partial charge in [-0.25, -0.2) is 0 Å². The first-order valence-corrected chi connectivity index (χ1v) is 6.12. The Bertz CT molecular complexity index is 486. The lowest BCUT2D eigenvalue weighted by Crippen LogP contribution is -2.36. The predicted molar refractivity (Wildman–Crippen MR) is 73.9 cm³/mol. The lowest BCUT2D eigenvalue weighted by Gasteiger charge is -2.15. The molecule has 6 nitrogen and oxygen atoms in total. The van der Waals surface area contributed by atoms with Crippen molar-refractivity contribution in [2.24, 2.45) is 11.7 Å². The van der Waals surface area contributed by atoms with E-state index < -0.39 is 11.0 Å². The predicted octanol–water partition coefficient (Wildman–Crippen LogP) is 2.22. The van der Waals surface area contributed by atoms with Crippen molar-refractivity contribution >= 4 is 17.3 Å². The van der Waals surface area contributed by atoms with Gasteiger partial charge in [-0.2, -0.15) is 0 Å². The Balaban J connectivity index is 2.77. The maximum atomic E-state index is 11.8. The molecule has 0 saturated carbocycles. The molecule has 6 heteroatoms. The highest BCUT2D eigenvalue weighted by Crippen LogP contribution is 2.21. The maximum absolute atomic E-state index is 11.8. The average Bonchev–Trinajstić information content (AvgIpc) is 2.30. The number of benzene rings is 1. The summed E-state index contributed by atoms with van der Waals surface area (Å²) in [5, 5.41) is 13.3. The number of non-ortho nitro benzene ring substituents is 1. The molecular formula is C13H19N3O3. The summed E-state index contributed by atoms with van der Waals surface area (Å²) in [7, 11) is 0. The molecule has 3 N–H and O–H groups in total. The van der Waals surface area contributed by atoms with Crippen molar-refractivity contribution in [2.75, 3.05) is 5.32 Å². The van der Waals surface area contributed by atoms with Gasteiger partial charge in [0.25, 0.3) is 5.69 Å². The molecule has 1 amide bonds. The molecule has 1 atom stereocenters. The number of anilines is 1. The summed E-state index contributed by atoms with van der Waals surface area (Å²) in [5.41, 5.74) is 6.96. The van der Waals surface area contributed by atoms with Gasteiger partial charge in [0.1, 0.15) is 0 Å². The fourth-order valence-electron chi connectivity index (χ4n) is 1.74. The van der Waals surface area contributed by atoms with E-state index in [1.165, 1.54) is 18.2 Å². The molecule has 1 aromatic rings. The number of rotatable bonds is 5. The first-order valence-electron chi connectivity index (χ1n) is 6.12. The van der Waals surface area contributed by atoms with Crippen LogP contribution < -0.4 is 11.1 Å². The fourth-order valence-corrected chi connectivity index (χ4v) is 1.74. The summed E-state index contributed by atoms with van der Waals surface area (Å²) in [6, 6.07) is 3.72. The summed E-state index contributed by atoms with van der Waals surface area (Å²) in [6.07, 6.45) is 0.595. The molecule has 1 rings (SSSR count). The highest BCUT2D eigenvalue weighted by molar-refractivity contribution is 5.95. The van der Waals surface area contributed by atoms with Gasteiger partial charge in [-0.05, 0) is 30.9 Å². The Kier molecular flexibility index (Phi) is 5.00. The molecule has 104 valence electrons. The van der Waals surface area contributed by atoms with Crippen molar-refractivity contribution in [3.63, 3.8) is 0 Å². The standard InChI is InChI=1S/C13H19N3O3/c1-8(2)6-11(14)13(17)15-12-5-4-10(16(18)19)7-9(12)3/h4-5,7-8,11H,6,14H2,1-3H3,(H,15,17)/t11-/m0/s1. The van der Waals surface area contributed by atoms with E-state index in [4.69, 9.17) is 5.73 Å². The largest absolute Gasteiger partial charge is 0.324 e. The molecule has 0 bridgehead atoms. The van der Waals surface area contributed by atoms with Crippen LogP contribution in [0.15, 0.2) is 18.2 Å². The smallest absolute Gasteiger partial charge is 0.269 e. The Labute approximate surface area is 112 Å². The van der Waals surface area contributed by atoms with Gasteiger partial charge < -0.3 is 11.1 Å². The van der Waals surface area contributed by atoms with Crippen LogP contribution in [-0.4, -0.2) is 16.9 Å². The van der Waals surface area contributed by atoms with Crippen molar-refractivity contribution in [2.45, 2.75) is 33.2 Å². The number of carbonyl (C=O) groups excluding carboxylic acids is 1. The summed E-state index contributed by atoms with van der Waals surface area (Å²) in [6.45, 7) is 5.69. The number of nitro benzene ring substituents is 1. The topological polar surface area (TPSA) is 98.3 Å². The van der Waals surface area contributed by atoms with E-state index >= 15 is 0 Å². The third kappa shape index (κ3) is 4.33. The molecule has 19 heavy (non-hydrogen) atoms. The van der Waals surface area contributed by atoms with Gasteiger partial charge in [0, 0.05) is 17.8 Å². The zero-order valence-electron chi connectivity index (χ0n) is 11.3. The number of amides is 1. The number of nitrogens with two attached hydrogens (primary N) is 1. The molecule has 0 aliphatic rings. The van der Waals surface area contributed by atoms with Crippen LogP contribution in [0.2, 0.25) is 0 Å². The fraction of sp³-hybridized carbons (Fsp3) is 0.462. The van der Waals surface area contributed by atoms with Gasteiger partial charge in [0.15, 0.2) is 0 Å². The van der Waals surface area contributed by atoms with E-state index in [9.17, 15) is 14.9 Å². The van der Waals surface area contributed by atoms with Crippen molar-refractivity contribution < 1.29 is 9.72 Å². The SMILES string of the molecule is Cc1cc([N+](=O)[O-])ccc1NC(=O)[C@@H](N)CC(C)C. The zero-order valence-corrected chi connectivity index (χ0v) is 11.3.